The molecular weight excluding hydrogens is 215 g/mol. The Bertz CT molecular complexity index is 354. The van der Waals surface area contributed by atoms with Crippen molar-refractivity contribution in [2.45, 2.75) is 38.8 Å². The Morgan fingerprint density at radius 3 is 2.65 bits per heavy atom. The molecule has 1 aromatic rings. The zero-order valence-corrected chi connectivity index (χ0v) is 11.0. The molecular formula is C14H23FN2. The van der Waals surface area contributed by atoms with Crippen LogP contribution in [0.25, 0.3) is 0 Å². The van der Waals surface area contributed by atoms with Crippen molar-refractivity contribution in [2.75, 3.05) is 13.6 Å². The predicted molar refractivity (Wildman–Crippen MR) is 70.2 cm³/mol. The molecule has 0 heterocycles. The van der Waals surface area contributed by atoms with E-state index in [2.05, 4.69) is 18.7 Å². The number of nitrogens with zero attached hydrogens (tertiary/aromatic N) is 1. The van der Waals surface area contributed by atoms with E-state index in [1.165, 1.54) is 6.07 Å². The lowest BCUT2D eigenvalue weighted by molar-refractivity contribution is 0.125. The highest BCUT2D eigenvalue weighted by molar-refractivity contribution is 5.16. The first-order valence-corrected chi connectivity index (χ1v) is 6.17. The molecule has 17 heavy (non-hydrogen) atoms. The predicted octanol–water partition coefficient (Wildman–Crippen LogP) is 2.78. The minimum absolute atomic E-state index is 0.0128. The van der Waals surface area contributed by atoms with Gasteiger partial charge in [-0.1, -0.05) is 25.5 Å². The molecule has 0 bridgehead atoms. The monoisotopic (exact) mass is 238 g/mol. The average Bonchev–Trinajstić information content (AvgIpc) is 2.29. The van der Waals surface area contributed by atoms with E-state index >= 15 is 0 Å². The summed E-state index contributed by atoms with van der Waals surface area (Å²) in [5.74, 6) is -0.180. The molecule has 0 spiro atoms. The quantitative estimate of drug-likeness (QED) is 0.825. The van der Waals surface area contributed by atoms with Crippen molar-refractivity contribution < 1.29 is 4.39 Å². The highest BCUT2D eigenvalue weighted by Gasteiger charge is 2.26. The Balaban J connectivity index is 2.73. The van der Waals surface area contributed by atoms with Crippen LogP contribution in [0.1, 0.15) is 32.3 Å². The number of halogens is 1. The molecule has 0 aliphatic rings. The van der Waals surface area contributed by atoms with E-state index in [1.54, 1.807) is 12.1 Å². The van der Waals surface area contributed by atoms with Gasteiger partial charge in [-0.25, -0.2) is 4.39 Å². The van der Waals surface area contributed by atoms with Crippen LogP contribution >= 0.6 is 0 Å². The van der Waals surface area contributed by atoms with E-state index in [-0.39, 0.29) is 11.4 Å². The lowest BCUT2D eigenvalue weighted by atomic mass is 9.94. The molecule has 0 aliphatic carbocycles. The second-order valence-electron chi connectivity index (χ2n) is 4.94. The number of hydrogen-bond donors (Lipinski definition) is 1. The molecule has 1 rings (SSSR count). The van der Waals surface area contributed by atoms with Gasteiger partial charge in [0.25, 0.3) is 0 Å². The molecule has 1 unspecified atom stereocenters. The van der Waals surface area contributed by atoms with E-state index in [0.717, 1.165) is 24.9 Å². The highest BCUT2D eigenvalue weighted by atomic mass is 19.1. The summed E-state index contributed by atoms with van der Waals surface area (Å²) in [5, 5.41) is 0. The lowest BCUT2D eigenvalue weighted by Crippen LogP contribution is -2.49. The van der Waals surface area contributed by atoms with Crippen LogP contribution in [0.15, 0.2) is 24.3 Å². The Morgan fingerprint density at radius 1 is 1.41 bits per heavy atom. The minimum Gasteiger partial charge on any atom is -0.329 e. The third-order valence-corrected chi connectivity index (χ3v) is 3.46. The molecule has 3 heteroatoms. The number of likely N-dealkylation sites (N-methyl/N-ethyl adjacent to an activating group) is 1. The largest absolute Gasteiger partial charge is 0.329 e. The molecule has 2 nitrogen and oxygen atoms in total. The van der Waals surface area contributed by atoms with Crippen molar-refractivity contribution in [2.24, 2.45) is 5.73 Å². The van der Waals surface area contributed by atoms with Crippen LogP contribution in [-0.2, 0) is 6.54 Å². The third kappa shape index (κ3) is 3.79. The summed E-state index contributed by atoms with van der Waals surface area (Å²) in [5.41, 5.74) is 6.84. The zero-order chi connectivity index (χ0) is 12.9. The number of hydrogen-bond acceptors (Lipinski definition) is 2. The SMILES string of the molecule is CCCC(C)(CN)N(C)Cc1cccc(F)c1. The van der Waals surface area contributed by atoms with Crippen LogP contribution in [0, 0.1) is 5.82 Å². The molecule has 0 saturated carbocycles. The molecule has 0 amide bonds. The van der Waals surface area contributed by atoms with Crippen LogP contribution in [-0.4, -0.2) is 24.0 Å². The van der Waals surface area contributed by atoms with Crippen molar-refractivity contribution in [1.82, 2.24) is 4.90 Å². The first kappa shape index (κ1) is 14.1. The first-order valence-electron chi connectivity index (χ1n) is 6.17. The Hall–Kier alpha value is -0.930. The van der Waals surface area contributed by atoms with Gasteiger partial charge in [0.15, 0.2) is 0 Å². The zero-order valence-electron chi connectivity index (χ0n) is 11.0. The normalized spacial score (nSPS) is 14.9. The van der Waals surface area contributed by atoms with Crippen molar-refractivity contribution in [3.05, 3.63) is 35.6 Å². The standard InChI is InChI=1S/C14H23FN2/c1-4-8-14(2,11-16)17(3)10-12-6-5-7-13(15)9-12/h5-7,9H,4,8,10-11,16H2,1-3H3. The summed E-state index contributed by atoms with van der Waals surface area (Å²) < 4.78 is 13.1. The van der Waals surface area contributed by atoms with E-state index in [0.29, 0.717) is 6.54 Å². The summed E-state index contributed by atoms with van der Waals surface area (Å²) >= 11 is 0. The van der Waals surface area contributed by atoms with Gasteiger partial charge < -0.3 is 5.73 Å². The van der Waals surface area contributed by atoms with E-state index in [9.17, 15) is 4.39 Å². The van der Waals surface area contributed by atoms with E-state index in [1.807, 2.05) is 13.1 Å². The van der Waals surface area contributed by atoms with Crippen LogP contribution in [0.4, 0.5) is 4.39 Å². The summed E-state index contributed by atoms with van der Waals surface area (Å²) in [4.78, 5) is 2.21. The molecule has 0 saturated heterocycles. The van der Waals surface area contributed by atoms with Gasteiger partial charge in [-0.05, 0) is 38.1 Å². The maximum absolute atomic E-state index is 13.1. The smallest absolute Gasteiger partial charge is 0.123 e. The Kier molecular flexibility index (Phi) is 5.09. The molecule has 1 atom stereocenters. The van der Waals surface area contributed by atoms with Gasteiger partial charge in [0, 0.05) is 18.6 Å². The molecule has 0 aliphatic heterocycles. The second-order valence-corrected chi connectivity index (χ2v) is 4.94. The Labute approximate surface area is 104 Å². The molecule has 1 aromatic carbocycles. The number of rotatable bonds is 6. The van der Waals surface area contributed by atoms with Crippen molar-refractivity contribution in [3.8, 4) is 0 Å². The Morgan fingerprint density at radius 2 is 2.12 bits per heavy atom. The summed E-state index contributed by atoms with van der Waals surface area (Å²) in [6, 6.07) is 6.75. The number of benzene rings is 1. The van der Waals surface area contributed by atoms with Crippen molar-refractivity contribution in [1.29, 1.82) is 0 Å². The molecule has 0 radical (unpaired) electrons. The summed E-state index contributed by atoms with van der Waals surface area (Å²) in [6.07, 6.45) is 2.15. The fraction of sp³-hybridized carbons (Fsp3) is 0.571. The maximum Gasteiger partial charge on any atom is 0.123 e. The first-order chi connectivity index (χ1) is 8.01. The van der Waals surface area contributed by atoms with E-state index in [4.69, 9.17) is 5.73 Å². The van der Waals surface area contributed by atoms with Crippen LogP contribution in [0.5, 0.6) is 0 Å². The molecule has 0 aromatic heterocycles. The second kappa shape index (κ2) is 6.12. The fourth-order valence-electron chi connectivity index (χ4n) is 2.09. The molecule has 96 valence electrons. The van der Waals surface area contributed by atoms with Crippen LogP contribution < -0.4 is 5.73 Å². The van der Waals surface area contributed by atoms with Crippen molar-refractivity contribution in [3.63, 3.8) is 0 Å². The summed E-state index contributed by atoms with van der Waals surface area (Å²) in [7, 11) is 2.05. The van der Waals surface area contributed by atoms with E-state index < -0.39 is 0 Å². The topological polar surface area (TPSA) is 29.3 Å². The van der Waals surface area contributed by atoms with Gasteiger partial charge in [0.05, 0.1) is 0 Å². The van der Waals surface area contributed by atoms with Crippen LogP contribution in [0.2, 0.25) is 0 Å². The van der Waals surface area contributed by atoms with Gasteiger partial charge in [-0.2, -0.15) is 0 Å². The van der Waals surface area contributed by atoms with Gasteiger partial charge in [-0.3, -0.25) is 4.90 Å². The van der Waals surface area contributed by atoms with Gasteiger partial charge in [-0.15, -0.1) is 0 Å². The van der Waals surface area contributed by atoms with Gasteiger partial charge >= 0.3 is 0 Å². The maximum atomic E-state index is 13.1. The van der Waals surface area contributed by atoms with Gasteiger partial charge in [0.1, 0.15) is 5.82 Å². The average molecular weight is 238 g/mol. The minimum atomic E-state index is -0.180. The highest BCUT2D eigenvalue weighted by Crippen LogP contribution is 2.21. The number of nitrogens with two attached hydrogens (primary N) is 1. The van der Waals surface area contributed by atoms with Crippen LogP contribution in [0.3, 0.4) is 0 Å². The van der Waals surface area contributed by atoms with Crippen molar-refractivity contribution >= 4 is 0 Å². The third-order valence-electron chi connectivity index (χ3n) is 3.46. The van der Waals surface area contributed by atoms with Gasteiger partial charge in [0.2, 0.25) is 0 Å². The molecule has 0 fully saturated rings. The molecule has 2 N–H and O–H groups in total. The summed E-state index contributed by atoms with van der Waals surface area (Å²) in [6.45, 7) is 5.66. The lowest BCUT2D eigenvalue weighted by Gasteiger charge is -2.38. The fourth-order valence-corrected chi connectivity index (χ4v) is 2.09.